The number of nitrogens with zero attached hydrogens (tertiary/aromatic N) is 3. The van der Waals surface area contributed by atoms with Gasteiger partial charge in [0.25, 0.3) is 5.91 Å². The SMILES string of the molecule is CN(C)CCCOc1cc(C(=O)O)n(Cc2ccccc2)n1.NC(=O)c1ccccc1F. The molecule has 1 heterocycles. The predicted molar refractivity (Wildman–Crippen MR) is 118 cm³/mol. The maximum atomic E-state index is 12.5. The van der Waals surface area contributed by atoms with Gasteiger partial charge in [-0.3, -0.25) is 4.79 Å². The van der Waals surface area contributed by atoms with E-state index in [0.29, 0.717) is 19.0 Å². The van der Waals surface area contributed by atoms with Crippen LogP contribution in [0, 0.1) is 5.82 Å². The van der Waals surface area contributed by atoms with Gasteiger partial charge in [0.2, 0.25) is 5.88 Å². The number of nitrogens with two attached hydrogens (primary N) is 1. The molecule has 0 atom stereocenters. The maximum Gasteiger partial charge on any atom is 0.354 e. The monoisotopic (exact) mass is 442 g/mol. The highest BCUT2D eigenvalue weighted by Crippen LogP contribution is 2.14. The van der Waals surface area contributed by atoms with Crippen molar-refractivity contribution >= 4 is 11.9 Å². The molecule has 1 aromatic heterocycles. The molecule has 3 aromatic rings. The van der Waals surface area contributed by atoms with Crippen LogP contribution >= 0.6 is 0 Å². The van der Waals surface area contributed by atoms with Crippen molar-refractivity contribution in [1.82, 2.24) is 14.7 Å². The highest BCUT2D eigenvalue weighted by atomic mass is 19.1. The number of aromatic carboxylic acids is 1. The normalized spacial score (nSPS) is 10.4. The van der Waals surface area contributed by atoms with Crippen LogP contribution in [-0.4, -0.2) is 58.9 Å². The van der Waals surface area contributed by atoms with Gasteiger partial charge in [0.1, 0.15) is 5.82 Å². The molecule has 0 saturated carbocycles. The largest absolute Gasteiger partial charge is 0.477 e. The zero-order valence-corrected chi connectivity index (χ0v) is 18.1. The molecular weight excluding hydrogens is 415 g/mol. The van der Waals surface area contributed by atoms with Crippen molar-refractivity contribution in [1.29, 1.82) is 0 Å². The average molecular weight is 442 g/mol. The van der Waals surface area contributed by atoms with Gasteiger partial charge in [-0.05, 0) is 38.2 Å². The second kappa shape index (κ2) is 12.2. The lowest BCUT2D eigenvalue weighted by molar-refractivity contribution is 0.0683. The minimum absolute atomic E-state index is 0.0671. The molecule has 0 spiro atoms. The number of amides is 1. The first-order valence-corrected chi connectivity index (χ1v) is 9.95. The number of hydrogen-bond donors (Lipinski definition) is 2. The van der Waals surface area contributed by atoms with E-state index in [4.69, 9.17) is 10.5 Å². The van der Waals surface area contributed by atoms with Crippen molar-refractivity contribution < 1.29 is 23.8 Å². The van der Waals surface area contributed by atoms with Gasteiger partial charge in [0, 0.05) is 12.6 Å². The van der Waals surface area contributed by atoms with Crippen LogP contribution in [0.5, 0.6) is 5.88 Å². The summed E-state index contributed by atoms with van der Waals surface area (Å²) in [6.07, 6.45) is 0.862. The molecule has 2 aromatic carbocycles. The number of carboxylic acids is 1. The maximum absolute atomic E-state index is 12.5. The van der Waals surface area contributed by atoms with E-state index in [0.717, 1.165) is 18.5 Å². The number of halogens is 1. The highest BCUT2D eigenvalue weighted by molar-refractivity contribution is 5.92. The number of carboxylic acid groups (broad SMARTS) is 1. The number of aromatic nitrogens is 2. The Labute approximate surface area is 186 Å². The van der Waals surface area contributed by atoms with Crippen LogP contribution in [0.4, 0.5) is 4.39 Å². The van der Waals surface area contributed by atoms with Gasteiger partial charge >= 0.3 is 5.97 Å². The molecule has 0 aliphatic rings. The molecular formula is C23H27FN4O4. The molecule has 0 radical (unpaired) electrons. The lowest BCUT2D eigenvalue weighted by Crippen LogP contribution is -2.15. The summed E-state index contributed by atoms with van der Waals surface area (Å²) >= 11 is 0. The summed E-state index contributed by atoms with van der Waals surface area (Å²) in [5, 5.41) is 13.5. The van der Waals surface area contributed by atoms with E-state index in [1.807, 2.05) is 44.4 Å². The van der Waals surface area contributed by atoms with Gasteiger partial charge in [-0.25, -0.2) is 13.9 Å². The summed E-state index contributed by atoms with van der Waals surface area (Å²) in [6, 6.07) is 16.7. The van der Waals surface area contributed by atoms with Crippen molar-refractivity contribution in [3.8, 4) is 5.88 Å². The second-order valence-corrected chi connectivity index (χ2v) is 7.17. The van der Waals surface area contributed by atoms with Crippen molar-refractivity contribution in [3.63, 3.8) is 0 Å². The third-order valence-electron chi connectivity index (χ3n) is 4.29. The van der Waals surface area contributed by atoms with Crippen LogP contribution in [0.2, 0.25) is 0 Å². The zero-order chi connectivity index (χ0) is 23.5. The molecule has 3 rings (SSSR count). The van der Waals surface area contributed by atoms with Crippen LogP contribution in [0.1, 0.15) is 32.8 Å². The summed E-state index contributed by atoms with van der Waals surface area (Å²) < 4.78 is 19.5. The summed E-state index contributed by atoms with van der Waals surface area (Å²) in [5.74, 6) is -1.97. The molecule has 0 aliphatic heterocycles. The molecule has 32 heavy (non-hydrogen) atoms. The lowest BCUT2D eigenvalue weighted by Gasteiger charge is -2.08. The topological polar surface area (TPSA) is 111 Å². The van der Waals surface area contributed by atoms with Crippen molar-refractivity contribution in [2.24, 2.45) is 5.73 Å². The predicted octanol–water partition coefficient (Wildman–Crippen LogP) is 2.88. The Morgan fingerprint density at radius 2 is 1.78 bits per heavy atom. The molecule has 0 fully saturated rings. The molecule has 170 valence electrons. The van der Waals surface area contributed by atoms with Crippen LogP contribution in [0.15, 0.2) is 60.7 Å². The standard InChI is InChI=1S/C16H21N3O3.C7H6FNO/c1-18(2)9-6-10-22-15-11-14(16(20)21)19(17-15)12-13-7-4-3-5-8-13;8-6-4-2-1-3-5(6)7(9)10/h3-5,7-8,11H,6,9-10,12H2,1-2H3,(H,20,21);1-4H,(H2,9,10). The van der Waals surface area contributed by atoms with Gasteiger partial charge in [0.15, 0.2) is 5.69 Å². The summed E-state index contributed by atoms with van der Waals surface area (Å²) in [7, 11) is 3.99. The number of rotatable bonds is 9. The van der Waals surface area contributed by atoms with E-state index in [1.54, 1.807) is 6.07 Å². The van der Waals surface area contributed by atoms with E-state index in [9.17, 15) is 19.1 Å². The van der Waals surface area contributed by atoms with Gasteiger partial charge in [-0.1, -0.05) is 42.5 Å². The Hall–Kier alpha value is -3.72. The van der Waals surface area contributed by atoms with Crippen LogP contribution in [-0.2, 0) is 6.54 Å². The summed E-state index contributed by atoms with van der Waals surface area (Å²) in [5.41, 5.74) is 5.89. The average Bonchev–Trinajstić information content (AvgIpc) is 3.15. The highest BCUT2D eigenvalue weighted by Gasteiger charge is 2.15. The van der Waals surface area contributed by atoms with Crippen molar-refractivity contribution in [2.45, 2.75) is 13.0 Å². The van der Waals surface area contributed by atoms with Crippen molar-refractivity contribution in [3.05, 3.63) is 83.3 Å². The minimum Gasteiger partial charge on any atom is -0.477 e. The fourth-order valence-electron chi connectivity index (χ4n) is 2.73. The first-order valence-electron chi connectivity index (χ1n) is 9.95. The van der Waals surface area contributed by atoms with E-state index >= 15 is 0 Å². The Bertz CT molecular complexity index is 1020. The Morgan fingerprint density at radius 1 is 1.12 bits per heavy atom. The van der Waals surface area contributed by atoms with Crippen molar-refractivity contribution in [2.75, 3.05) is 27.2 Å². The van der Waals surface area contributed by atoms with E-state index < -0.39 is 17.7 Å². The number of hydrogen-bond acceptors (Lipinski definition) is 5. The molecule has 8 nitrogen and oxygen atoms in total. The number of primary amides is 1. The summed E-state index contributed by atoms with van der Waals surface area (Å²) in [6.45, 7) is 1.83. The van der Waals surface area contributed by atoms with Crippen LogP contribution < -0.4 is 10.5 Å². The van der Waals surface area contributed by atoms with Gasteiger partial charge in [-0.15, -0.1) is 5.10 Å². The Balaban J connectivity index is 0.000000303. The molecule has 3 N–H and O–H groups in total. The van der Waals surface area contributed by atoms with Gasteiger partial charge in [-0.2, -0.15) is 0 Å². The molecule has 1 amide bonds. The third kappa shape index (κ3) is 7.84. The number of benzene rings is 2. The first-order chi connectivity index (χ1) is 15.3. The van der Waals surface area contributed by atoms with E-state index in [-0.39, 0.29) is 11.3 Å². The first kappa shape index (κ1) is 24.5. The van der Waals surface area contributed by atoms with E-state index in [2.05, 4.69) is 10.00 Å². The zero-order valence-electron chi connectivity index (χ0n) is 18.1. The fourth-order valence-corrected chi connectivity index (χ4v) is 2.73. The Morgan fingerprint density at radius 3 is 2.34 bits per heavy atom. The van der Waals surface area contributed by atoms with Crippen LogP contribution in [0.25, 0.3) is 0 Å². The number of ether oxygens (including phenoxy) is 1. The minimum atomic E-state index is -1.01. The molecule has 0 unspecified atom stereocenters. The lowest BCUT2D eigenvalue weighted by atomic mass is 10.2. The molecule has 0 aliphatic carbocycles. The summed E-state index contributed by atoms with van der Waals surface area (Å²) in [4.78, 5) is 23.8. The smallest absolute Gasteiger partial charge is 0.354 e. The number of carbonyl (C=O) groups is 2. The second-order valence-electron chi connectivity index (χ2n) is 7.17. The fraction of sp³-hybridized carbons (Fsp3) is 0.261. The van der Waals surface area contributed by atoms with E-state index in [1.165, 1.54) is 28.9 Å². The quantitative estimate of drug-likeness (QED) is 0.493. The van der Waals surface area contributed by atoms with Gasteiger partial charge in [0.05, 0.1) is 18.7 Å². The molecule has 0 bridgehead atoms. The van der Waals surface area contributed by atoms with Crippen LogP contribution in [0.3, 0.4) is 0 Å². The Kier molecular flexibility index (Phi) is 9.37. The molecule has 9 heteroatoms. The third-order valence-corrected chi connectivity index (χ3v) is 4.29. The number of carbonyl (C=O) groups excluding carboxylic acids is 1. The van der Waals surface area contributed by atoms with Gasteiger partial charge < -0.3 is 20.5 Å². The molecule has 0 saturated heterocycles.